The number of ether oxygens (including phenoxy) is 1. The lowest BCUT2D eigenvalue weighted by Crippen LogP contribution is -2.01. The van der Waals surface area contributed by atoms with Gasteiger partial charge in [0.2, 0.25) is 0 Å². The third kappa shape index (κ3) is 3.63. The molecule has 0 fully saturated rings. The predicted octanol–water partition coefficient (Wildman–Crippen LogP) is 4.30. The van der Waals surface area contributed by atoms with E-state index in [1.807, 2.05) is 31.2 Å². The Morgan fingerprint density at radius 2 is 1.78 bits per heavy atom. The second kappa shape index (κ2) is 6.64. The van der Waals surface area contributed by atoms with Crippen molar-refractivity contribution in [1.29, 1.82) is 0 Å². The van der Waals surface area contributed by atoms with E-state index in [4.69, 9.17) is 4.74 Å². The summed E-state index contributed by atoms with van der Waals surface area (Å²) in [4.78, 5) is 0. The molecule has 0 aromatic heterocycles. The monoisotopic (exact) mass is 353 g/mol. The van der Waals surface area contributed by atoms with E-state index < -0.39 is 0 Å². The van der Waals surface area contributed by atoms with Crippen LogP contribution in [-0.2, 0) is 6.54 Å². The number of nitrogens with one attached hydrogen (secondary N) is 1. The normalized spacial score (nSPS) is 10.1. The number of halogens is 1. The van der Waals surface area contributed by atoms with Crippen molar-refractivity contribution in [2.45, 2.75) is 13.5 Å². The fourth-order valence-corrected chi connectivity index (χ4v) is 2.25. The molecule has 0 amide bonds. The molecule has 0 radical (unpaired) electrons. The van der Waals surface area contributed by atoms with E-state index in [9.17, 15) is 0 Å². The van der Waals surface area contributed by atoms with Crippen LogP contribution in [0.4, 0.5) is 5.69 Å². The van der Waals surface area contributed by atoms with Crippen molar-refractivity contribution in [2.75, 3.05) is 11.9 Å². The van der Waals surface area contributed by atoms with Crippen LogP contribution in [0.2, 0.25) is 0 Å². The molecule has 0 unspecified atom stereocenters. The van der Waals surface area contributed by atoms with Gasteiger partial charge in [0.05, 0.1) is 6.61 Å². The number of benzene rings is 2. The van der Waals surface area contributed by atoms with Crippen LogP contribution in [0.3, 0.4) is 0 Å². The average molecular weight is 353 g/mol. The zero-order valence-electron chi connectivity index (χ0n) is 10.3. The molecule has 0 aliphatic heterocycles. The summed E-state index contributed by atoms with van der Waals surface area (Å²) in [6.45, 7) is 3.53. The Bertz CT molecular complexity index is 496. The molecule has 0 heterocycles. The second-order valence-electron chi connectivity index (χ2n) is 3.90. The molecule has 94 valence electrons. The number of rotatable bonds is 5. The highest BCUT2D eigenvalue weighted by Crippen LogP contribution is 2.17. The predicted molar refractivity (Wildman–Crippen MR) is 84.1 cm³/mol. The van der Waals surface area contributed by atoms with Gasteiger partial charge in [-0.25, -0.2) is 0 Å². The molecule has 3 heteroatoms. The van der Waals surface area contributed by atoms with Gasteiger partial charge >= 0.3 is 0 Å². The smallest absolute Gasteiger partial charge is 0.119 e. The van der Waals surface area contributed by atoms with Crippen LogP contribution in [-0.4, -0.2) is 6.61 Å². The molecule has 0 atom stereocenters. The highest BCUT2D eigenvalue weighted by molar-refractivity contribution is 14.1. The first-order valence-electron chi connectivity index (χ1n) is 5.99. The molecule has 1 N–H and O–H groups in total. The molecule has 0 aliphatic carbocycles. The minimum Gasteiger partial charge on any atom is -0.494 e. The Hall–Kier alpha value is -1.23. The summed E-state index contributed by atoms with van der Waals surface area (Å²) in [6.07, 6.45) is 0. The number of hydrogen-bond donors (Lipinski definition) is 1. The molecule has 18 heavy (non-hydrogen) atoms. The molecule has 2 aromatic carbocycles. The first-order valence-corrected chi connectivity index (χ1v) is 7.07. The van der Waals surface area contributed by atoms with Crippen LogP contribution >= 0.6 is 22.6 Å². The zero-order valence-corrected chi connectivity index (χ0v) is 12.5. The van der Waals surface area contributed by atoms with Gasteiger partial charge in [-0.1, -0.05) is 18.2 Å². The highest BCUT2D eigenvalue weighted by Gasteiger charge is 1.98. The highest BCUT2D eigenvalue weighted by atomic mass is 127. The molecule has 0 saturated heterocycles. The maximum Gasteiger partial charge on any atom is 0.119 e. The van der Waals surface area contributed by atoms with Crippen LogP contribution in [0.1, 0.15) is 12.5 Å². The van der Waals surface area contributed by atoms with Crippen molar-refractivity contribution in [3.8, 4) is 5.75 Å². The van der Waals surface area contributed by atoms with Crippen LogP contribution in [0.5, 0.6) is 5.75 Å². The molecule has 2 aromatic rings. The lowest BCUT2D eigenvalue weighted by atomic mass is 10.2. The molecule has 2 nitrogen and oxygen atoms in total. The molecular formula is C15H16INO. The topological polar surface area (TPSA) is 21.3 Å². The van der Waals surface area contributed by atoms with Crippen LogP contribution < -0.4 is 10.1 Å². The van der Waals surface area contributed by atoms with Gasteiger partial charge in [-0.3, -0.25) is 0 Å². The lowest BCUT2D eigenvalue weighted by molar-refractivity contribution is 0.340. The van der Waals surface area contributed by atoms with Crippen molar-refractivity contribution in [2.24, 2.45) is 0 Å². The Balaban J connectivity index is 1.96. The third-order valence-corrected chi connectivity index (χ3v) is 3.66. The average Bonchev–Trinajstić information content (AvgIpc) is 2.40. The summed E-state index contributed by atoms with van der Waals surface area (Å²) >= 11 is 2.36. The SMILES string of the molecule is CCOc1ccc(NCc2ccccc2I)cc1. The van der Waals surface area contributed by atoms with E-state index in [2.05, 4.69) is 52.2 Å². The van der Waals surface area contributed by atoms with E-state index in [1.165, 1.54) is 9.13 Å². The maximum atomic E-state index is 5.41. The molecule has 0 spiro atoms. The van der Waals surface area contributed by atoms with E-state index in [0.29, 0.717) is 6.61 Å². The Labute approximate surface area is 122 Å². The van der Waals surface area contributed by atoms with Gasteiger partial charge in [-0.2, -0.15) is 0 Å². The minimum atomic E-state index is 0.703. The van der Waals surface area contributed by atoms with Crippen molar-refractivity contribution < 1.29 is 4.74 Å². The Kier molecular flexibility index (Phi) is 4.87. The number of hydrogen-bond acceptors (Lipinski definition) is 2. The van der Waals surface area contributed by atoms with E-state index in [1.54, 1.807) is 0 Å². The largest absolute Gasteiger partial charge is 0.494 e. The molecule has 0 saturated carbocycles. The van der Waals surface area contributed by atoms with E-state index >= 15 is 0 Å². The first kappa shape index (κ1) is 13.2. The first-order chi connectivity index (χ1) is 8.79. The molecule has 0 bridgehead atoms. The van der Waals surface area contributed by atoms with E-state index in [-0.39, 0.29) is 0 Å². The fourth-order valence-electron chi connectivity index (χ4n) is 1.67. The fraction of sp³-hybridized carbons (Fsp3) is 0.200. The summed E-state index contributed by atoms with van der Waals surface area (Å²) < 4.78 is 6.70. The van der Waals surface area contributed by atoms with Crippen molar-refractivity contribution >= 4 is 28.3 Å². The second-order valence-corrected chi connectivity index (χ2v) is 5.06. The quantitative estimate of drug-likeness (QED) is 0.810. The summed E-state index contributed by atoms with van der Waals surface area (Å²) in [7, 11) is 0. The van der Waals surface area contributed by atoms with Crippen LogP contribution in [0, 0.1) is 3.57 Å². The standard InChI is InChI=1S/C15H16INO/c1-2-18-14-9-7-13(8-10-14)17-11-12-5-3-4-6-15(12)16/h3-10,17H,2,11H2,1H3. The minimum absolute atomic E-state index is 0.703. The van der Waals surface area contributed by atoms with E-state index in [0.717, 1.165) is 18.0 Å². The van der Waals surface area contributed by atoms with Crippen LogP contribution in [0.25, 0.3) is 0 Å². The molecular weight excluding hydrogens is 337 g/mol. The van der Waals surface area contributed by atoms with Gasteiger partial charge in [-0.05, 0) is 65.4 Å². The van der Waals surface area contributed by atoms with Crippen molar-refractivity contribution in [1.82, 2.24) is 0 Å². The number of anilines is 1. The van der Waals surface area contributed by atoms with Gasteiger partial charge in [-0.15, -0.1) is 0 Å². The van der Waals surface area contributed by atoms with Gasteiger partial charge in [0.25, 0.3) is 0 Å². The zero-order chi connectivity index (χ0) is 12.8. The van der Waals surface area contributed by atoms with Gasteiger partial charge < -0.3 is 10.1 Å². The summed E-state index contributed by atoms with van der Waals surface area (Å²) in [5.74, 6) is 0.914. The lowest BCUT2D eigenvalue weighted by Gasteiger charge is -2.09. The Morgan fingerprint density at radius 1 is 1.06 bits per heavy atom. The summed E-state index contributed by atoms with van der Waals surface area (Å²) in [6, 6.07) is 16.4. The van der Waals surface area contributed by atoms with Crippen LogP contribution in [0.15, 0.2) is 48.5 Å². The van der Waals surface area contributed by atoms with Gasteiger partial charge in [0, 0.05) is 15.8 Å². The third-order valence-electron chi connectivity index (χ3n) is 2.61. The summed E-state index contributed by atoms with van der Waals surface area (Å²) in [5.41, 5.74) is 2.42. The van der Waals surface area contributed by atoms with Crippen molar-refractivity contribution in [3.63, 3.8) is 0 Å². The molecule has 0 aliphatic rings. The Morgan fingerprint density at radius 3 is 2.44 bits per heavy atom. The van der Waals surface area contributed by atoms with Gasteiger partial charge in [0.1, 0.15) is 5.75 Å². The van der Waals surface area contributed by atoms with Crippen molar-refractivity contribution in [3.05, 3.63) is 57.7 Å². The van der Waals surface area contributed by atoms with Gasteiger partial charge in [0.15, 0.2) is 0 Å². The maximum absolute atomic E-state index is 5.41. The molecule has 2 rings (SSSR count). The summed E-state index contributed by atoms with van der Waals surface area (Å²) in [5, 5.41) is 3.41.